The summed E-state index contributed by atoms with van der Waals surface area (Å²) >= 11 is 0. The molecule has 64 valence electrons. The minimum atomic E-state index is 0.633. The molecule has 2 atom stereocenters. The van der Waals surface area contributed by atoms with Crippen LogP contribution >= 0.6 is 0 Å². The van der Waals surface area contributed by atoms with Crippen LogP contribution in [0.2, 0.25) is 0 Å². The molecular formula is C11H20. The summed E-state index contributed by atoms with van der Waals surface area (Å²) < 4.78 is 0. The van der Waals surface area contributed by atoms with Crippen molar-refractivity contribution in [3.8, 4) is 0 Å². The van der Waals surface area contributed by atoms with Crippen LogP contribution in [0.25, 0.3) is 0 Å². The van der Waals surface area contributed by atoms with E-state index in [0.717, 1.165) is 5.92 Å². The summed E-state index contributed by atoms with van der Waals surface area (Å²) in [5.74, 6) is 1.08. The fraction of sp³-hybridized carbons (Fsp3) is 1.00. The molecule has 0 N–H and O–H groups in total. The van der Waals surface area contributed by atoms with Crippen LogP contribution in [0, 0.1) is 16.7 Å². The number of hydrogen-bond donors (Lipinski definition) is 0. The number of rotatable bonds is 0. The van der Waals surface area contributed by atoms with Crippen LogP contribution in [-0.4, -0.2) is 0 Å². The van der Waals surface area contributed by atoms with E-state index >= 15 is 0 Å². The first kappa shape index (κ1) is 7.64. The fourth-order valence-electron chi connectivity index (χ4n) is 3.21. The first-order chi connectivity index (χ1) is 5.06. The molecule has 0 bridgehead atoms. The van der Waals surface area contributed by atoms with Gasteiger partial charge in [0.25, 0.3) is 0 Å². The lowest BCUT2D eigenvalue weighted by molar-refractivity contribution is -0.103. The molecule has 0 aromatic heterocycles. The molecule has 0 heteroatoms. The Morgan fingerprint density at radius 1 is 1.00 bits per heavy atom. The number of hydrogen-bond acceptors (Lipinski definition) is 0. The molecule has 2 saturated carbocycles. The van der Waals surface area contributed by atoms with Gasteiger partial charge in [-0.25, -0.2) is 0 Å². The predicted molar refractivity (Wildman–Crippen MR) is 48.5 cm³/mol. The average Bonchev–Trinajstić information content (AvgIpc) is 1.91. The van der Waals surface area contributed by atoms with Gasteiger partial charge in [0.2, 0.25) is 0 Å². The molecule has 2 aliphatic rings. The van der Waals surface area contributed by atoms with Crippen LogP contribution in [0.1, 0.15) is 52.9 Å². The summed E-state index contributed by atoms with van der Waals surface area (Å²) in [7, 11) is 0. The first-order valence-electron chi connectivity index (χ1n) is 5.06. The van der Waals surface area contributed by atoms with Crippen molar-refractivity contribution < 1.29 is 0 Å². The molecule has 2 fully saturated rings. The highest BCUT2D eigenvalue weighted by Gasteiger charge is 2.53. The summed E-state index contributed by atoms with van der Waals surface area (Å²) in [4.78, 5) is 0. The Hall–Kier alpha value is 0. The molecule has 0 saturated heterocycles. The Morgan fingerprint density at radius 2 is 1.73 bits per heavy atom. The first-order valence-corrected chi connectivity index (χ1v) is 5.06. The SMILES string of the molecule is CC1(C)CCCC2CCC21C. The standard InChI is InChI=1S/C11H20/c1-10(2)7-4-5-9-6-8-11(9,10)3/h9H,4-8H2,1-3H3. The molecule has 2 rings (SSSR count). The third kappa shape index (κ3) is 0.816. The van der Waals surface area contributed by atoms with Crippen molar-refractivity contribution in [1.82, 2.24) is 0 Å². The van der Waals surface area contributed by atoms with E-state index in [1.807, 2.05) is 0 Å². The van der Waals surface area contributed by atoms with Crippen molar-refractivity contribution in [2.75, 3.05) is 0 Å². The Kier molecular flexibility index (Phi) is 1.41. The summed E-state index contributed by atoms with van der Waals surface area (Å²) in [6.45, 7) is 7.46. The van der Waals surface area contributed by atoms with Crippen molar-refractivity contribution in [1.29, 1.82) is 0 Å². The Balaban J connectivity index is 2.22. The number of fused-ring (bicyclic) bond motifs is 1. The van der Waals surface area contributed by atoms with Crippen LogP contribution in [0.15, 0.2) is 0 Å². The zero-order chi connectivity index (χ0) is 8.11. The molecule has 0 spiro atoms. The van der Waals surface area contributed by atoms with E-state index in [4.69, 9.17) is 0 Å². The van der Waals surface area contributed by atoms with Gasteiger partial charge in [-0.1, -0.05) is 27.2 Å². The lowest BCUT2D eigenvalue weighted by atomic mass is 9.45. The molecule has 0 aliphatic heterocycles. The largest absolute Gasteiger partial charge is 0.0594 e. The molecule has 2 aliphatic carbocycles. The van der Waals surface area contributed by atoms with Crippen molar-refractivity contribution in [3.05, 3.63) is 0 Å². The minimum Gasteiger partial charge on any atom is -0.0594 e. The fourth-order valence-corrected chi connectivity index (χ4v) is 3.21. The van der Waals surface area contributed by atoms with Gasteiger partial charge in [-0.15, -0.1) is 0 Å². The van der Waals surface area contributed by atoms with E-state index in [9.17, 15) is 0 Å². The van der Waals surface area contributed by atoms with Gasteiger partial charge in [-0.2, -0.15) is 0 Å². The van der Waals surface area contributed by atoms with Gasteiger partial charge >= 0.3 is 0 Å². The molecular weight excluding hydrogens is 132 g/mol. The van der Waals surface area contributed by atoms with Gasteiger partial charge in [0.05, 0.1) is 0 Å². The summed E-state index contributed by atoms with van der Waals surface area (Å²) in [6.07, 6.45) is 7.46. The molecule has 0 aromatic carbocycles. The van der Waals surface area contributed by atoms with E-state index in [2.05, 4.69) is 20.8 Å². The van der Waals surface area contributed by atoms with E-state index < -0.39 is 0 Å². The highest BCUT2D eigenvalue weighted by atomic mass is 14.6. The lowest BCUT2D eigenvalue weighted by Crippen LogP contribution is -2.51. The maximum atomic E-state index is 2.51. The quantitative estimate of drug-likeness (QED) is 0.497. The normalized spacial score (nSPS) is 47.7. The Bertz CT molecular complexity index is 169. The van der Waals surface area contributed by atoms with E-state index in [0.29, 0.717) is 10.8 Å². The second-order valence-electron chi connectivity index (χ2n) is 5.43. The Labute approximate surface area is 70.4 Å². The van der Waals surface area contributed by atoms with Gasteiger partial charge in [-0.3, -0.25) is 0 Å². The van der Waals surface area contributed by atoms with Crippen LogP contribution < -0.4 is 0 Å². The van der Waals surface area contributed by atoms with Gasteiger partial charge < -0.3 is 0 Å². The summed E-state index contributed by atoms with van der Waals surface area (Å²) in [5.41, 5.74) is 1.35. The van der Waals surface area contributed by atoms with Gasteiger partial charge in [0.1, 0.15) is 0 Å². The van der Waals surface area contributed by atoms with Crippen LogP contribution in [0.3, 0.4) is 0 Å². The van der Waals surface area contributed by atoms with E-state index in [1.165, 1.54) is 32.1 Å². The topological polar surface area (TPSA) is 0 Å². The highest BCUT2D eigenvalue weighted by molar-refractivity contribution is 5.03. The van der Waals surface area contributed by atoms with Gasteiger partial charge in [0.15, 0.2) is 0 Å². The van der Waals surface area contributed by atoms with Crippen LogP contribution in [0.4, 0.5) is 0 Å². The average molecular weight is 152 g/mol. The van der Waals surface area contributed by atoms with Crippen molar-refractivity contribution >= 4 is 0 Å². The van der Waals surface area contributed by atoms with Crippen molar-refractivity contribution in [2.45, 2.75) is 52.9 Å². The third-order valence-electron chi connectivity index (χ3n) is 4.81. The van der Waals surface area contributed by atoms with Crippen molar-refractivity contribution in [3.63, 3.8) is 0 Å². The molecule has 0 nitrogen and oxygen atoms in total. The maximum Gasteiger partial charge on any atom is -0.0246 e. The summed E-state index contributed by atoms with van der Waals surface area (Å²) in [6, 6.07) is 0. The molecule has 2 unspecified atom stereocenters. The predicted octanol–water partition coefficient (Wildman–Crippen LogP) is 3.61. The van der Waals surface area contributed by atoms with E-state index in [1.54, 1.807) is 0 Å². The van der Waals surface area contributed by atoms with Crippen LogP contribution in [-0.2, 0) is 0 Å². The van der Waals surface area contributed by atoms with Crippen LogP contribution in [0.5, 0.6) is 0 Å². The van der Waals surface area contributed by atoms with Gasteiger partial charge in [-0.05, 0) is 42.4 Å². The third-order valence-corrected chi connectivity index (χ3v) is 4.81. The van der Waals surface area contributed by atoms with Crippen molar-refractivity contribution in [2.24, 2.45) is 16.7 Å². The molecule has 0 radical (unpaired) electrons. The zero-order valence-electron chi connectivity index (χ0n) is 8.11. The van der Waals surface area contributed by atoms with E-state index in [-0.39, 0.29) is 0 Å². The monoisotopic (exact) mass is 152 g/mol. The molecule has 0 aromatic rings. The highest BCUT2D eigenvalue weighted by Crippen LogP contribution is 2.63. The Morgan fingerprint density at radius 3 is 2.09 bits per heavy atom. The molecule has 0 amide bonds. The lowest BCUT2D eigenvalue weighted by Gasteiger charge is -2.60. The second-order valence-corrected chi connectivity index (χ2v) is 5.43. The smallest absolute Gasteiger partial charge is 0.0246 e. The maximum absolute atomic E-state index is 2.51. The summed E-state index contributed by atoms with van der Waals surface area (Å²) in [5, 5.41) is 0. The minimum absolute atomic E-state index is 0.633. The second kappa shape index (κ2) is 2.02. The van der Waals surface area contributed by atoms with Gasteiger partial charge in [0, 0.05) is 0 Å². The molecule has 0 heterocycles. The molecule has 11 heavy (non-hydrogen) atoms. The zero-order valence-corrected chi connectivity index (χ0v) is 8.11.